The lowest BCUT2D eigenvalue weighted by molar-refractivity contribution is 0.536. The number of rotatable bonds is 4. The molecule has 1 saturated carbocycles. The molecule has 1 aliphatic carbocycles. The molecule has 0 bridgehead atoms. The molecule has 0 spiro atoms. The van der Waals surface area contributed by atoms with Gasteiger partial charge in [-0.05, 0) is 46.7 Å². The van der Waals surface area contributed by atoms with Gasteiger partial charge in [-0.25, -0.2) is 4.98 Å². The number of hydrogen-bond donors (Lipinski definition) is 1. The molecule has 1 aromatic rings. The lowest BCUT2D eigenvalue weighted by atomic mass is 10.1. The average Bonchev–Trinajstić information content (AvgIpc) is 2.99. The number of nitrogens with zero attached hydrogens (tertiary/aromatic N) is 1. The monoisotopic (exact) mass is 288 g/mol. The number of anilines is 1. The van der Waals surface area contributed by atoms with Crippen molar-refractivity contribution in [3.63, 3.8) is 0 Å². The highest BCUT2D eigenvalue weighted by Gasteiger charge is 2.27. The van der Waals surface area contributed by atoms with Crippen molar-refractivity contribution < 1.29 is 0 Å². The van der Waals surface area contributed by atoms with E-state index < -0.39 is 0 Å². The molecule has 15 heavy (non-hydrogen) atoms. The third kappa shape index (κ3) is 3.08. The second-order valence-corrected chi connectivity index (χ2v) is 5.47. The van der Waals surface area contributed by atoms with Crippen molar-refractivity contribution >= 4 is 33.3 Å². The van der Waals surface area contributed by atoms with Gasteiger partial charge in [0.2, 0.25) is 0 Å². The molecule has 0 radical (unpaired) electrons. The number of nitrogens with one attached hydrogen (secondary N) is 1. The lowest BCUT2D eigenvalue weighted by Gasteiger charge is -2.12. The molecule has 2 nitrogen and oxygen atoms in total. The first kappa shape index (κ1) is 11.2. The summed E-state index contributed by atoms with van der Waals surface area (Å²) in [4.78, 5) is 4.24. The van der Waals surface area contributed by atoms with Crippen molar-refractivity contribution in [1.82, 2.24) is 4.98 Å². The second-order valence-electron chi connectivity index (χ2n) is 4.18. The molecule has 4 heteroatoms. The molecule has 0 amide bonds. The first-order valence-electron chi connectivity index (χ1n) is 5.21. The summed E-state index contributed by atoms with van der Waals surface area (Å²) in [6, 6.07) is 1.86. The van der Waals surface area contributed by atoms with Gasteiger partial charge in [0.15, 0.2) is 0 Å². The van der Waals surface area contributed by atoms with Gasteiger partial charge in [0.1, 0.15) is 5.82 Å². The maximum atomic E-state index is 5.82. The van der Waals surface area contributed by atoms with Crippen LogP contribution in [0.15, 0.2) is 16.7 Å². The number of aromatic nitrogens is 1. The van der Waals surface area contributed by atoms with Gasteiger partial charge in [0.05, 0.1) is 9.50 Å². The van der Waals surface area contributed by atoms with E-state index in [1.165, 1.54) is 12.8 Å². The van der Waals surface area contributed by atoms with Crippen LogP contribution in [0.2, 0.25) is 5.02 Å². The highest BCUT2D eigenvalue weighted by Crippen LogP contribution is 2.36. The molecule has 1 heterocycles. The maximum Gasteiger partial charge on any atom is 0.140 e. The zero-order chi connectivity index (χ0) is 10.8. The zero-order valence-electron chi connectivity index (χ0n) is 8.63. The van der Waals surface area contributed by atoms with Crippen LogP contribution in [-0.2, 0) is 0 Å². The Balaban J connectivity index is 1.92. The van der Waals surface area contributed by atoms with Crippen LogP contribution in [0.25, 0.3) is 0 Å². The van der Waals surface area contributed by atoms with E-state index in [2.05, 4.69) is 33.2 Å². The summed E-state index contributed by atoms with van der Waals surface area (Å²) in [6.07, 6.45) is 4.44. The van der Waals surface area contributed by atoms with Gasteiger partial charge in [-0.1, -0.05) is 18.5 Å². The molecule has 1 aromatic heterocycles. The van der Waals surface area contributed by atoms with Gasteiger partial charge in [0.25, 0.3) is 0 Å². The first-order valence-corrected chi connectivity index (χ1v) is 6.39. The van der Waals surface area contributed by atoms with Gasteiger partial charge in [-0.2, -0.15) is 0 Å². The van der Waals surface area contributed by atoms with Gasteiger partial charge in [-0.3, -0.25) is 0 Å². The Bertz CT molecular complexity index is 352. The molecule has 1 atom stereocenters. The summed E-state index contributed by atoms with van der Waals surface area (Å²) in [5.41, 5.74) is 0. The van der Waals surface area contributed by atoms with Crippen LogP contribution in [-0.4, -0.2) is 11.5 Å². The Hall–Kier alpha value is -0.280. The Kier molecular flexibility index (Phi) is 3.52. The van der Waals surface area contributed by atoms with Crippen LogP contribution in [0.1, 0.15) is 19.8 Å². The normalized spacial score (nSPS) is 17.5. The molecule has 1 fully saturated rings. The van der Waals surface area contributed by atoms with E-state index in [4.69, 9.17) is 11.6 Å². The molecule has 2 rings (SSSR count). The molecule has 82 valence electrons. The smallest absolute Gasteiger partial charge is 0.140 e. The van der Waals surface area contributed by atoms with Crippen molar-refractivity contribution in [1.29, 1.82) is 0 Å². The summed E-state index contributed by atoms with van der Waals surface area (Å²) in [7, 11) is 0. The van der Waals surface area contributed by atoms with E-state index >= 15 is 0 Å². The molecule has 1 aliphatic rings. The minimum absolute atomic E-state index is 0.655. The Morgan fingerprint density at radius 1 is 1.67 bits per heavy atom. The van der Waals surface area contributed by atoms with E-state index in [1.807, 2.05) is 6.07 Å². The largest absolute Gasteiger partial charge is 0.369 e. The van der Waals surface area contributed by atoms with Crippen molar-refractivity contribution in [2.24, 2.45) is 11.8 Å². The number of pyridine rings is 1. The topological polar surface area (TPSA) is 24.9 Å². The standard InChI is InChI=1S/C11H14BrClN2/c1-7(8-2-3-8)5-14-11-10(12)4-9(13)6-15-11/h4,6-8H,2-3,5H2,1H3,(H,14,15). The minimum atomic E-state index is 0.655. The third-order valence-corrected chi connectivity index (χ3v) is 3.64. The predicted molar refractivity (Wildman–Crippen MR) is 67.3 cm³/mol. The summed E-state index contributed by atoms with van der Waals surface area (Å²) >= 11 is 9.26. The fourth-order valence-corrected chi connectivity index (χ4v) is 2.41. The Morgan fingerprint density at radius 3 is 3.00 bits per heavy atom. The molecular weight excluding hydrogens is 275 g/mol. The summed E-state index contributed by atoms with van der Waals surface area (Å²) in [5.74, 6) is 2.53. The van der Waals surface area contributed by atoms with Gasteiger partial charge in [0, 0.05) is 12.7 Å². The lowest BCUT2D eigenvalue weighted by Crippen LogP contribution is -2.13. The zero-order valence-corrected chi connectivity index (χ0v) is 11.0. The van der Waals surface area contributed by atoms with Crippen LogP contribution >= 0.6 is 27.5 Å². The van der Waals surface area contributed by atoms with Crippen LogP contribution < -0.4 is 5.32 Å². The fourth-order valence-electron chi connectivity index (χ4n) is 1.63. The minimum Gasteiger partial charge on any atom is -0.369 e. The molecular formula is C11H14BrClN2. The molecule has 0 aromatic carbocycles. The van der Waals surface area contributed by atoms with E-state index in [0.717, 1.165) is 28.7 Å². The predicted octanol–water partition coefficient (Wildman–Crippen LogP) is 3.96. The van der Waals surface area contributed by atoms with Crippen molar-refractivity contribution in [3.05, 3.63) is 21.8 Å². The van der Waals surface area contributed by atoms with Crippen LogP contribution in [0.4, 0.5) is 5.82 Å². The second kappa shape index (κ2) is 4.71. The first-order chi connectivity index (χ1) is 7.16. The highest BCUT2D eigenvalue weighted by atomic mass is 79.9. The summed E-state index contributed by atoms with van der Waals surface area (Å²) in [5, 5.41) is 4.00. The van der Waals surface area contributed by atoms with Crippen molar-refractivity contribution in [2.75, 3.05) is 11.9 Å². The highest BCUT2D eigenvalue weighted by molar-refractivity contribution is 9.10. The maximum absolute atomic E-state index is 5.82. The van der Waals surface area contributed by atoms with Crippen molar-refractivity contribution in [3.8, 4) is 0 Å². The van der Waals surface area contributed by atoms with Crippen LogP contribution in [0, 0.1) is 11.8 Å². The quantitative estimate of drug-likeness (QED) is 0.907. The number of hydrogen-bond acceptors (Lipinski definition) is 2. The van der Waals surface area contributed by atoms with E-state index in [-0.39, 0.29) is 0 Å². The van der Waals surface area contributed by atoms with E-state index in [0.29, 0.717) is 5.02 Å². The SMILES string of the molecule is CC(CNc1ncc(Cl)cc1Br)C1CC1. The molecule has 0 saturated heterocycles. The fraction of sp³-hybridized carbons (Fsp3) is 0.545. The molecule has 0 aliphatic heterocycles. The summed E-state index contributed by atoms with van der Waals surface area (Å²) in [6.45, 7) is 3.27. The molecule has 1 unspecified atom stereocenters. The third-order valence-electron chi connectivity index (χ3n) is 2.83. The van der Waals surface area contributed by atoms with E-state index in [1.54, 1.807) is 6.20 Å². The Labute approximate surface area is 104 Å². The van der Waals surface area contributed by atoms with Crippen molar-refractivity contribution in [2.45, 2.75) is 19.8 Å². The summed E-state index contributed by atoms with van der Waals surface area (Å²) < 4.78 is 0.929. The van der Waals surface area contributed by atoms with Crippen LogP contribution in [0.5, 0.6) is 0 Å². The Morgan fingerprint density at radius 2 is 2.40 bits per heavy atom. The van der Waals surface area contributed by atoms with Crippen LogP contribution in [0.3, 0.4) is 0 Å². The number of halogens is 2. The van der Waals surface area contributed by atoms with Gasteiger partial charge < -0.3 is 5.32 Å². The van der Waals surface area contributed by atoms with E-state index in [9.17, 15) is 0 Å². The van der Waals surface area contributed by atoms with Gasteiger partial charge in [-0.15, -0.1) is 0 Å². The molecule has 1 N–H and O–H groups in total. The van der Waals surface area contributed by atoms with Gasteiger partial charge >= 0.3 is 0 Å². The average molecular weight is 290 g/mol.